The molecule has 0 spiro atoms. The van der Waals surface area contributed by atoms with Crippen molar-refractivity contribution in [2.24, 2.45) is 0 Å². The van der Waals surface area contributed by atoms with Crippen molar-refractivity contribution in [1.29, 1.82) is 0 Å². The van der Waals surface area contributed by atoms with Crippen molar-refractivity contribution < 1.29 is 0 Å². The number of alkyl halides is 1. The highest BCUT2D eigenvalue weighted by Gasteiger charge is 1.93. The molecule has 0 atom stereocenters. The van der Waals surface area contributed by atoms with Crippen LogP contribution < -0.4 is 5.32 Å². The predicted molar refractivity (Wildman–Crippen MR) is 63.1 cm³/mol. The van der Waals surface area contributed by atoms with E-state index in [9.17, 15) is 0 Å². The minimum atomic E-state index is 0.689. The van der Waals surface area contributed by atoms with Gasteiger partial charge < -0.3 is 5.32 Å². The second kappa shape index (κ2) is 6.86. The van der Waals surface area contributed by atoms with E-state index in [1.54, 1.807) is 0 Å². The van der Waals surface area contributed by atoms with Gasteiger partial charge in [0, 0.05) is 12.4 Å². The van der Waals surface area contributed by atoms with Crippen LogP contribution in [0.1, 0.15) is 18.1 Å². The third kappa shape index (κ3) is 4.12. The summed E-state index contributed by atoms with van der Waals surface area (Å²) < 4.78 is 0. The Hall–Kier alpha value is -0.530. The Morgan fingerprint density at radius 3 is 2.29 bits per heavy atom. The Bertz CT molecular complexity index is 243. The maximum atomic E-state index is 5.56. The highest BCUT2D eigenvalue weighted by atomic mass is 35.5. The van der Waals surface area contributed by atoms with Crippen molar-refractivity contribution in [3.63, 3.8) is 0 Å². The van der Waals surface area contributed by atoms with Gasteiger partial charge in [0.25, 0.3) is 0 Å². The zero-order valence-electron chi connectivity index (χ0n) is 8.72. The van der Waals surface area contributed by atoms with Gasteiger partial charge in [0.05, 0.1) is 0 Å². The number of hydrogen-bond acceptors (Lipinski definition) is 1. The van der Waals surface area contributed by atoms with Crippen molar-refractivity contribution in [3.8, 4) is 0 Å². The van der Waals surface area contributed by atoms with Crippen LogP contribution in [0.3, 0.4) is 0 Å². The molecule has 0 aromatic heterocycles. The molecule has 0 saturated heterocycles. The molecule has 1 N–H and O–H groups in total. The first-order valence-electron chi connectivity index (χ1n) is 5.21. The lowest BCUT2D eigenvalue weighted by atomic mass is 10.1. The second-order valence-electron chi connectivity index (χ2n) is 3.36. The van der Waals surface area contributed by atoms with Crippen molar-refractivity contribution in [3.05, 3.63) is 35.4 Å². The maximum absolute atomic E-state index is 5.56. The Balaban J connectivity index is 2.29. The fraction of sp³-hybridized carbons (Fsp3) is 0.500. The summed E-state index contributed by atoms with van der Waals surface area (Å²) in [4.78, 5) is 0. The first-order valence-corrected chi connectivity index (χ1v) is 5.74. The van der Waals surface area contributed by atoms with E-state index in [1.165, 1.54) is 11.1 Å². The van der Waals surface area contributed by atoms with Gasteiger partial charge in [0.15, 0.2) is 0 Å². The summed E-state index contributed by atoms with van der Waals surface area (Å²) in [6.07, 6.45) is 2.20. The Kier molecular flexibility index (Phi) is 5.65. The van der Waals surface area contributed by atoms with Crippen LogP contribution in [0.15, 0.2) is 24.3 Å². The van der Waals surface area contributed by atoms with Gasteiger partial charge in [-0.05, 0) is 30.5 Å². The topological polar surface area (TPSA) is 12.0 Å². The minimum Gasteiger partial charge on any atom is -0.315 e. The lowest BCUT2D eigenvalue weighted by molar-refractivity contribution is 0.719. The fourth-order valence-electron chi connectivity index (χ4n) is 1.37. The third-order valence-electron chi connectivity index (χ3n) is 2.29. The van der Waals surface area contributed by atoms with Crippen LogP contribution >= 0.6 is 11.6 Å². The van der Waals surface area contributed by atoms with Crippen molar-refractivity contribution >= 4 is 11.6 Å². The van der Waals surface area contributed by atoms with Crippen LogP contribution in [0.4, 0.5) is 0 Å². The SMILES string of the molecule is CCc1ccc(CCNCCCl)cc1. The molecule has 0 unspecified atom stereocenters. The number of benzene rings is 1. The number of halogens is 1. The van der Waals surface area contributed by atoms with Gasteiger partial charge >= 0.3 is 0 Å². The monoisotopic (exact) mass is 211 g/mol. The predicted octanol–water partition coefficient (Wildman–Crippen LogP) is 2.62. The van der Waals surface area contributed by atoms with Crippen molar-refractivity contribution in [1.82, 2.24) is 5.32 Å². The van der Waals surface area contributed by atoms with Gasteiger partial charge in [-0.15, -0.1) is 11.6 Å². The molecular weight excluding hydrogens is 194 g/mol. The van der Waals surface area contributed by atoms with Gasteiger partial charge in [-0.2, -0.15) is 0 Å². The molecule has 14 heavy (non-hydrogen) atoms. The highest BCUT2D eigenvalue weighted by Crippen LogP contribution is 2.05. The van der Waals surface area contributed by atoms with Gasteiger partial charge in [-0.3, -0.25) is 0 Å². The van der Waals surface area contributed by atoms with Crippen molar-refractivity contribution in [2.45, 2.75) is 19.8 Å². The summed E-state index contributed by atoms with van der Waals surface area (Å²) in [5.74, 6) is 0.689. The summed E-state index contributed by atoms with van der Waals surface area (Å²) in [5.41, 5.74) is 2.80. The lowest BCUT2D eigenvalue weighted by Crippen LogP contribution is -2.19. The lowest BCUT2D eigenvalue weighted by Gasteiger charge is -2.03. The summed E-state index contributed by atoms with van der Waals surface area (Å²) in [7, 11) is 0. The van der Waals surface area contributed by atoms with E-state index >= 15 is 0 Å². The number of aryl methyl sites for hydroxylation is 1. The zero-order valence-corrected chi connectivity index (χ0v) is 9.48. The van der Waals surface area contributed by atoms with E-state index in [0.717, 1.165) is 25.9 Å². The first kappa shape index (κ1) is 11.5. The molecule has 0 fully saturated rings. The normalized spacial score (nSPS) is 10.4. The molecule has 0 amide bonds. The molecule has 0 heterocycles. The zero-order chi connectivity index (χ0) is 10.2. The van der Waals surface area contributed by atoms with Crippen LogP contribution in [-0.4, -0.2) is 19.0 Å². The average molecular weight is 212 g/mol. The summed E-state index contributed by atoms with van der Waals surface area (Å²) in [6, 6.07) is 8.83. The first-order chi connectivity index (χ1) is 6.86. The molecule has 0 aliphatic heterocycles. The summed E-state index contributed by atoms with van der Waals surface area (Å²) in [6.45, 7) is 4.09. The Morgan fingerprint density at radius 2 is 1.71 bits per heavy atom. The molecule has 1 aromatic carbocycles. The summed E-state index contributed by atoms with van der Waals surface area (Å²) in [5, 5.41) is 3.28. The standard InChI is InChI=1S/C12H18ClN/c1-2-11-3-5-12(6-4-11)7-9-14-10-8-13/h3-6,14H,2,7-10H2,1H3. The molecular formula is C12H18ClN. The van der Waals surface area contributed by atoms with E-state index in [1.807, 2.05) is 0 Å². The van der Waals surface area contributed by atoms with Gasteiger partial charge in [-0.1, -0.05) is 31.2 Å². The van der Waals surface area contributed by atoms with E-state index in [4.69, 9.17) is 11.6 Å². The third-order valence-corrected chi connectivity index (χ3v) is 2.48. The molecule has 1 nitrogen and oxygen atoms in total. The maximum Gasteiger partial charge on any atom is 0.0348 e. The van der Waals surface area contributed by atoms with Crippen LogP contribution in [0.2, 0.25) is 0 Å². The molecule has 2 heteroatoms. The fourth-order valence-corrected chi connectivity index (χ4v) is 1.50. The number of hydrogen-bond donors (Lipinski definition) is 1. The van der Waals surface area contributed by atoms with E-state index in [0.29, 0.717) is 5.88 Å². The molecule has 78 valence electrons. The molecule has 0 saturated carbocycles. The molecule has 0 aliphatic carbocycles. The van der Waals surface area contributed by atoms with Crippen molar-refractivity contribution in [2.75, 3.05) is 19.0 Å². The Morgan fingerprint density at radius 1 is 1.07 bits per heavy atom. The molecule has 0 bridgehead atoms. The van der Waals surface area contributed by atoms with Gasteiger partial charge in [0.1, 0.15) is 0 Å². The smallest absolute Gasteiger partial charge is 0.0348 e. The van der Waals surface area contributed by atoms with E-state index < -0.39 is 0 Å². The van der Waals surface area contributed by atoms with Crippen LogP contribution in [-0.2, 0) is 12.8 Å². The highest BCUT2D eigenvalue weighted by molar-refractivity contribution is 6.18. The molecule has 0 aliphatic rings. The van der Waals surface area contributed by atoms with Crippen LogP contribution in [0.25, 0.3) is 0 Å². The quantitative estimate of drug-likeness (QED) is 0.564. The van der Waals surface area contributed by atoms with E-state index in [2.05, 4.69) is 36.5 Å². The van der Waals surface area contributed by atoms with Gasteiger partial charge in [0.2, 0.25) is 0 Å². The van der Waals surface area contributed by atoms with Gasteiger partial charge in [-0.25, -0.2) is 0 Å². The average Bonchev–Trinajstić information content (AvgIpc) is 2.25. The molecule has 1 rings (SSSR count). The van der Waals surface area contributed by atoms with Crippen LogP contribution in [0.5, 0.6) is 0 Å². The summed E-state index contributed by atoms with van der Waals surface area (Å²) >= 11 is 5.56. The largest absolute Gasteiger partial charge is 0.315 e. The van der Waals surface area contributed by atoms with Crippen LogP contribution in [0, 0.1) is 0 Å². The number of nitrogens with one attached hydrogen (secondary N) is 1. The minimum absolute atomic E-state index is 0.689. The Labute approximate surface area is 91.5 Å². The number of rotatable bonds is 6. The molecule has 0 radical (unpaired) electrons. The van der Waals surface area contributed by atoms with E-state index in [-0.39, 0.29) is 0 Å². The second-order valence-corrected chi connectivity index (χ2v) is 3.74. The molecule has 1 aromatic rings.